The van der Waals surface area contributed by atoms with Gasteiger partial charge in [-0.3, -0.25) is 29.3 Å². The third kappa shape index (κ3) is 11.6. The summed E-state index contributed by atoms with van der Waals surface area (Å²) in [6.07, 6.45) is -8.63. The third-order valence-corrected chi connectivity index (χ3v) is 9.77. The number of non-ortho nitro benzene ring substituents is 1. The van der Waals surface area contributed by atoms with Crippen LogP contribution in [0.3, 0.4) is 0 Å². The maximum absolute atomic E-state index is 13.4. The number of anilines is 1. The van der Waals surface area contributed by atoms with Crippen molar-refractivity contribution in [3.8, 4) is 22.6 Å². The Bertz CT molecular complexity index is 2320. The van der Waals surface area contributed by atoms with Gasteiger partial charge in [0.25, 0.3) is 5.69 Å². The molecular weight excluding hydrogens is 826 g/mol. The normalized spacial score (nSPS) is 18.6. The van der Waals surface area contributed by atoms with Crippen LogP contribution >= 0.6 is 0 Å². The van der Waals surface area contributed by atoms with E-state index < -0.39 is 71.7 Å². The minimum Gasteiger partial charge on any atom is -0.459 e. The lowest BCUT2D eigenvalue weighted by atomic mass is 9.98. The first kappa shape index (κ1) is 45.0. The Balaban J connectivity index is 1.14. The number of fused-ring (bicyclic) bond motifs is 3. The fourth-order valence-corrected chi connectivity index (χ4v) is 7.10. The SMILES string of the molecule is CC(=O)O[C@@H]1[C@@H](OC(C)=O)[C@H](Oc2ccc(COC(=O)Oc3ccc([N+](=O)[O-])cc3)cc2NC(=O)CCNC(=O)OCC2c3ccccc3-c3ccccc32)O[C@H](C)[C@H]1OC(C)=O. The number of nitrogens with zero attached hydrogens (tertiary/aromatic N) is 1. The van der Waals surface area contributed by atoms with E-state index >= 15 is 0 Å². The van der Waals surface area contributed by atoms with Crippen LogP contribution in [0, 0.1) is 10.1 Å². The molecule has 1 saturated heterocycles. The van der Waals surface area contributed by atoms with Crippen LogP contribution in [0.1, 0.15) is 56.7 Å². The molecule has 19 heteroatoms. The molecule has 19 nitrogen and oxygen atoms in total. The summed E-state index contributed by atoms with van der Waals surface area (Å²) in [5, 5.41) is 16.2. The molecule has 0 bridgehead atoms. The van der Waals surface area contributed by atoms with Crippen LogP contribution in [-0.2, 0) is 54.2 Å². The van der Waals surface area contributed by atoms with Gasteiger partial charge in [0, 0.05) is 51.8 Å². The molecule has 0 radical (unpaired) electrons. The monoisotopic (exact) mass is 869 g/mol. The quantitative estimate of drug-likeness (QED) is 0.0451. The summed E-state index contributed by atoms with van der Waals surface area (Å²) in [7, 11) is 0. The zero-order valence-corrected chi connectivity index (χ0v) is 34.4. The highest BCUT2D eigenvalue weighted by Gasteiger charge is 2.51. The lowest BCUT2D eigenvalue weighted by Gasteiger charge is -2.43. The first-order valence-corrected chi connectivity index (χ1v) is 19.6. The van der Waals surface area contributed by atoms with E-state index in [9.17, 15) is 38.9 Å². The summed E-state index contributed by atoms with van der Waals surface area (Å²) >= 11 is 0. The van der Waals surface area contributed by atoms with Gasteiger partial charge >= 0.3 is 30.2 Å². The molecule has 1 aliphatic carbocycles. The number of nitrogens with one attached hydrogen (secondary N) is 2. The third-order valence-electron chi connectivity index (χ3n) is 9.77. The van der Waals surface area contributed by atoms with Crippen LogP contribution in [0.15, 0.2) is 91.0 Å². The van der Waals surface area contributed by atoms with Crippen LogP contribution in [0.5, 0.6) is 11.5 Å². The summed E-state index contributed by atoms with van der Waals surface area (Å²) in [5.41, 5.74) is 4.34. The highest BCUT2D eigenvalue weighted by molar-refractivity contribution is 5.92. The number of alkyl carbamates (subject to hydrolysis) is 1. The Morgan fingerprint density at radius 2 is 1.35 bits per heavy atom. The minimum absolute atomic E-state index is 0.00921. The molecule has 0 spiro atoms. The second-order valence-corrected chi connectivity index (χ2v) is 14.3. The van der Waals surface area contributed by atoms with Gasteiger partial charge in [-0.25, -0.2) is 9.59 Å². The zero-order valence-electron chi connectivity index (χ0n) is 34.4. The number of hydrogen-bond acceptors (Lipinski definition) is 16. The number of amides is 2. The summed E-state index contributed by atoms with van der Waals surface area (Å²) in [6.45, 7) is 4.43. The van der Waals surface area contributed by atoms with Crippen molar-refractivity contribution in [1.29, 1.82) is 0 Å². The number of hydrogen-bond donors (Lipinski definition) is 2. The fraction of sp³-hybridized carbons (Fsp3) is 0.318. The number of esters is 3. The number of carbonyl (C=O) groups is 6. The summed E-state index contributed by atoms with van der Waals surface area (Å²) < 4.78 is 44.4. The van der Waals surface area contributed by atoms with Crippen LogP contribution in [0.2, 0.25) is 0 Å². The Labute approximate surface area is 360 Å². The Kier molecular flexibility index (Phi) is 14.5. The van der Waals surface area contributed by atoms with Gasteiger partial charge in [0.05, 0.1) is 16.7 Å². The maximum Gasteiger partial charge on any atom is 0.514 e. The number of benzene rings is 4. The van der Waals surface area contributed by atoms with Gasteiger partial charge in [-0.05, 0) is 59.0 Å². The van der Waals surface area contributed by atoms with Crippen molar-refractivity contribution in [1.82, 2.24) is 5.32 Å². The van der Waals surface area contributed by atoms with Crippen molar-refractivity contribution in [2.75, 3.05) is 18.5 Å². The predicted molar refractivity (Wildman–Crippen MR) is 218 cm³/mol. The lowest BCUT2D eigenvalue weighted by Crippen LogP contribution is -2.62. The molecule has 1 heterocycles. The van der Waals surface area contributed by atoms with E-state index in [0.29, 0.717) is 5.56 Å². The molecule has 0 unspecified atom stereocenters. The Morgan fingerprint density at radius 3 is 1.97 bits per heavy atom. The van der Waals surface area contributed by atoms with Gasteiger partial charge in [0.1, 0.15) is 24.7 Å². The minimum atomic E-state index is -1.50. The van der Waals surface area contributed by atoms with Gasteiger partial charge in [0.2, 0.25) is 18.3 Å². The van der Waals surface area contributed by atoms with E-state index in [1.807, 2.05) is 48.5 Å². The molecular formula is C44H43N3O16. The van der Waals surface area contributed by atoms with Gasteiger partial charge in [-0.1, -0.05) is 54.6 Å². The van der Waals surface area contributed by atoms with Gasteiger partial charge in [0.15, 0.2) is 12.2 Å². The van der Waals surface area contributed by atoms with E-state index in [1.54, 1.807) is 0 Å². The van der Waals surface area contributed by atoms with Crippen molar-refractivity contribution in [2.24, 2.45) is 0 Å². The molecule has 6 rings (SSSR count). The Morgan fingerprint density at radius 1 is 0.746 bits per heavy atom. The number of carbonyl (C=O) groups excluding carboxylic acids is 6. The second kappa shape index (κ2) is 20.3. The lowest BCUT2D eigenvalue weighted by molar-refractivity contribution is -0.384. The van der Waals surface area contributed by atoms with E-state index in [0.717, 1.165) is 55.2 Å². The molecule has 63 heavy (non-hydrogen) atoms. The van der Waals surface area contributed by atoms with Crippen LogP contribution in [0.25, 0.3) is 11.1 Å². The van der Waals surface area contributed by atoms with Crippen molar-refractivity contribution >= 4 is 47.4 Å². The molecule has 330 valence electrons. The molecule has 1 fully saturated rings. The summed E-state index contributed by atoms with van der Waals surface area (Å²) in [5.74, 6) is -3.14. The molecule has 0 saturated carbocycles. The number of nitro benzene ring substituents is 1. The van der Waals surface area contributed by atoms with Crippen LogP contribution in [0.4, 0.5) is 21.0 Å². The maximum atomic E-state index is 13.4. The molecule has 0 aromatic heterocycles. The summed E-state index contributed by atoms with van der Waals surface area (Å²) in [4.78, 5) is 85.5. The van der Waals surface area contributed by atoms with Gasteiger partial charge in [-0.2, -0.15) is 0 Å². The van der Waals surface area contributed by atoms with E-state index in [1.165, 1.54) is 37.3 Å². The highest BCUT2D eigenvalue weighted by Crippen LogP contribution is 2.44. The standard InChI is InChI=1S/C44H43N3O16/c1-24-39(59-25(2)48)40(60-26(3)49)41(61-27(4)50)42(58-24)63-37-18-13-28(22-57-44(53)62-30-16-14-29(15-17-30)47(54)55)21-36(37)46-38(51)19-20-45-43(52)56-23-35-33-11-7-5-9-31(33)32-10-6-8-12-34(32)35/h5-18,21,24,35,39-42H,19-20,22-23H2,1-4H3,(H,45,52)(H,46,51)/t24-,39-,40+,41-,42+/m1/s1. The highest BCUT2D eigenvalue weighted by atomic mass is 16.7. The average molecular weight is 870 g/mol. The topological polar surface area (TPSA) is 243 Å². The second-order valence-electron chi connectivity index (χ2n) is 14.3. The van der Waals surface area contributed by atoms with Crippen LogP contribution < -0.4 is 20.1 Å². The molecule has 2 amide bonds. The molecule has 2 N–H and O–H groups in total. The van der Waals surface area contributed by atoms with Crippen LogP contribution in [-0.4, -0.2) is 84.8 Å². The predicted octanol–water partition coefficient (Wildman–Crippen LogP) is 6.10. The largest absolute Gasteiger partial charge is 0.514 e. The van der Waals surface area contributed by atoms with E-state index in [-0.39, 0.29) is 55.0 Å². The smallest absolute Gasteiger partial charge is 0.459 e. The van der Waals surface area contributed by atoms with E-state index in [2.05, 4.69) is 10.6 Å². The van der Waals surface area contributed by atoms with Crippen molar-refractivity contribution in [3.05, 3.63) is 118 Å². The van der Waals surface area contributed by atoms with Crippen molar-refractivity contribution in [2.45, 2.75) is 77.3 Å². The first-order chi connectivity index (χ1) is 30.2. The first-order valence-electron chi connectivity index (χ1n) is 19.6. The zero-order chi connectivity index (χ0) is 45.2. The van der Waals surface area contributed by atoms with Gasteiger partial charge < -0.3 is 48.5 Å². The summed E-state index contributed by atoms with van der Waals surface area (Å²) in [6, 6.07) is 24.8. The molecule has 1 aliphatic heterocycles. The average Bonchev–Trinajstić information content (AvgIpc) is 3.56. The molecule has 4 aromatic rings. The van der Waals surface area contributed by atoms with Gasteiger partial charge in [-0.15, -0.1) is 0 Å². The number of nitro groups is 1. The Hall–Kier alpha value is -7.54. The molecule has 4 aromatic carbocycles. The molecule has 5 atom stereocenters. The fourth-order valence-electron chi connectivity index (χ4n) is 7.10. The van der Waals surface area contributed by atoms with E-state index in [4.69, 9.17) is 37.9 Å². The number of rotatable bonds is 15. The van der Waals surface area contributed by atoms with Crippen molar-refractivity contribution < 1.29 is 71.6 Å². The van der Waals surface area contributed by atoms with Crippen molar-refractivity contribution in [3.63, 3.8) is 0 Å². The molecule has 2 aliphatic rings. The number of ether oxygens (including phenoxy) is 8.